The highest BCUT2D eigenvalue weighted by molar-refractivity contribution is 6.31. The molecule has 2 heterocycles. The van der Waals surface area contributed by atoms with Gasteiger partial charge in [-0.25, -0.2) is 5.43 Å². The summed E-state index contributed by atoms with van der Waals surface area (Å²) in [6.45, 7) is 6.26. The number of hydrazone groups is 1. The molecule has 4 saturated carbocycles. The lowest BCUT2D eigenvalue weighted by Crippen LogP contribution is -2.46. The first-order chi connectivity index (χ1) is 14.8. The van der Waals surface area contributed by atoms with E-state index in [1.807, 2.05) is 20.8 Å². The topological polar surface area (TPSA) is 72.4 Å². The van der Waals surface area contributed by atoms with Gasteiger partial charge in [0.25, 0.3) is 0 Å². The Hall–Kier alpha value is -2.08. The van der Waals surface area contributed by atoms with Gasteiger partial charge in [-0.3, -0.25) is 9.48 Å². The number of carbonyl (C=O) groups excluding carboxylic acids is 1. The third-order valence-electron chi connectivity index (χ3n) is 7.63. The molecule has 1 N–H and O–H groups in total. The van der Waals surface area contributed by atoms with Gasteiger partial charge in [0, 0.05) is 5.71 Å². The van der Waals surface area contributed by atoms with E-state index in [4.69, 9.17) is 16.0 Å². The molecule has 4 aliphatic carbocycles. The maximum atomic E-state index is 12.5. The second-order valence-corrected chi connectivity index (χ2v) is 10.7. The quantitative estimate of drug-likeness (QED) is 0.473. The summed E-state index contributed by atoms with van der Waals surface area (Å²) in [6.07, 6.45) is 9.36. The summed E-state index contributed by atoms with van der Waals surface area (Å²) in [5.74, 6) is 3.37. The molecule has 0 aromatic carbocycles. The van der Waals surface area contributed by atoms with Gasteiger partial charge in [0.15, 0.2) is 5.76 Å². The molecular formula is C24H31ClN4O2. The van der Waals surface area contributed by atoms with Crippen LogP contribution < -0.4 is 5.43 Å². The number of hydrogen-bond donors (Lipinski definition) is 1. The van der Waals surface area contributed by atoms with Gasteiger partial charge in [-0.05, 0) is 101 Å². The van der Waals surface area contributed by atoms with Crippen LogP contribution in [0.2, 0.25) is 5.02 Å². The molecule has 6 rings (SSSR count). The zero-order chi connectivity index (χ0) is 21.8. The highest BCUT2D eigenvalue weighted by Crippen LogP contribution is 2.61. The van der Waals surface area contributed by atoms with Gasteiger partial charge in [-0.1, -0.05) is 11.6 Å². The molecule has 2 aromatic heterocycles. The first-order valence-corrected chi connectivity index (χ1v) is 11.8. The van der Waals surface area contributed by atoms with E-state index in [0.717, 1.165) is 41.3 Å². The molecule has 0 atom stereocenters. The fourth-order valence-electron chi connectivity index (χ4n) is 6.85. The van der Waals surface area contributed by atoms with E-state index in [9.17, 15) is 4.79 Å². The summed E-state index contributed by atoms with van der Waals surface area (Å²) < 4.78 is 7.52. The Bertz CT molecular complexity index is 999. The van der Waals surface area contributed by atoms with Crippen LogP contribution in [0.15, 0.2) is 21.7 Å². The first kappa shape index (κ1) is 20.8. The minimum Gasteiger partial charge on any atom is -0.454 e. The summed E-state index contributed by atoms with van der Waals surface area (Å²) in [4.78, 5) is 12.5. The molecule has 0 saturated heterocycles. The summed E-state index contributed by atoms with van der Waals surface area (Å²) >= 11 is 6.21. The van der Waals surface area contributed by atoms with E-state index in [2.05, 4.69) is 15.6 Å². The van der Waals surface area contributed by atoms with Crippen molar-refractivity contribution in [3.8, 4) is 0 Å². The molecule has 31 heavy (non-hydrogen) atoms. The van der Waals surface area contributed by atoms with Crippen LogP contribution in [0.4, 0.5) is 0 Å². The SMILES string of the molecule is CC(CC12CC3CC(CC(C3)C1)C2)=NNC(=O)c1ccc(Cn2nc(C)c(Cl)c2C)o1. The molecule has 6 nitrogen and oxygen atoms in total. The fourth-order valence-corrected chi connectivity index (χ4v) is 6.99. The molecule has 0 spiro atoms. The number of furan rings is 1. The minimum atomic E-state index is -0.317. The van der Waals surface area contributed by atoms with Crippen molar-refractivity contribution in [3.63, 3.8) is 0 Å². The van der Waals surface area contributed by atoms with Gasteiger partial charge in [-0.2, -0.15) is 10.2 Å². The normalized spacial score (nSPS) is 29.5. The molecule has 166 valence electrons. The Kier molecular flexibility index (Phi) is 5.24. The van der Waals surface area contributed by atoms with Crippen LogP contribution in [0.25, 0.3) is 0 Å². The van der Waals surface area contributed by atoms with Crippen LogP contribution in [0.5, 0.6) is 0 Å². The van der Waals surface area contributed by atoms with Crippen molar-refractivity contribution in [1.29, 1.82) is 0 Å². The fraction of sp³-hybridized carbons (Fsp3) is 0.625. The number of halogens is 1. The minimum absolute atomic E-state index is 0.258. The molecule has 4 aliphatic rings. The lowest BCUT2D eigenvalue weighted by atomic mass is 9.48. The second-order valence-electron chi connectivity index (χ2n) is 10.3. The van der Waals surface area contributed by atoms with Crippen LogP contribution in [-0.2, 0) is 6.54 Å². The van der Waals surface area contributed by atoms with E-state index in [0.29, 0.717) is 22.7 Å². The third kappa shape index (κ3) is 4.07. The number of aryl methyl sites for hydroxylation is 1. The van der Waals surface area contributed by atoms with Crippen molar-refractivity contribution >= 4 is 23.2 Å². The van der Waals surface area contributed by atoms with Gasteiger partial charge in [0.2, 0.25) is 0 Å². The zero-order valence-corrected chi connectivity index (χ0v) is 19.3. The summed E-state index contributed by atoms with van der Waals surface area (Å²) in [5, 5.41) is 9.49. The van der Waals surface area contributed by atoms with Gasteiger partial charge in [0.05, 0.1) is 23.0 Å². The highest BCUT2D eigenvalue weighted by Gasteiger charge is 2.50. The standard InChI is InChI=1S/C24H31ClN4O2/c1-14(9-24-10-17-6-18(11-24)8-19(7-17)12-24)26-27-23(30)21-5-4-20(31-21)13-29-16(3)22(25)15(2)28-29/h4-5,17-19H,6-13H2,1-3H3,(H,27,30). The number of nitrogens with one attached hydrogen (secondary N) is 1. The van der Waals surface area contributed by atoms with Crippen LogP contribution in [0.3, 0.4) is 0 Å². The smallest absolute Gasteiger partial charge is 0.307 e. The molecule has 0 radical (unpaired) electrons. The summed E-state index contributed by atoms with van der Waals surface area (Å²) in [5.41, 5.74) is 5.80. The van der Waals surface area contributed by atoms with E-state index < -0.39 is 0 Å². The number of hydrogen-bond acceptors (Lipinski definition) is 4. The average molecular weight is 443 g/mol. The van der Waals surface area contributed by atoms with E-state index in [1.165, 1.54) is 38.5 Å². The maximum Gasteiger partial charge on any atom is 0.307 e. The van der Waals surface area contributed by atoms with Gasteiger partial charge < -0.3 is 4.42 Å². The van der Waals surface area contributed by atoms with Crippen molar-refractivity contribution in [1.82, 2.24) is 15.2 Å². The first-order valence-electron chi connectivity index (χ1n) is 11.4. The number of aromatic nitrogens is 2. The Morgan fingerprint density at radius 1 is 1.23 bits per heavy atom. The molecule has 4 bridgehead atoms. The van der Waals surface area contributed by atoms with Crippen LogP contribution in [-0.4, -0.2) is 21.4 Å². The lowest BCUT2D eigenvalue weighted by molar-refractivity contribution is -0.0482. The van der Waals surface area contributed by atoms with Gasteiger partial charge >= 0.3 is 5.91 Å². The van der Waals surface area contributed by atoms with E-state index in [1.54, 1.807) is 16.8 Å². The van der Waals surface area contributed by atoms with E-state index >= 15 is 0 Å². The van der Waals surface area contributed by atoms with Crippen molar-refractivity contribution in [2.75, 3.05) is 0 Å². The maximum absolute atomic E-state index is 12.5. The Balaban J connectivity index is 1.20. The number of nitrogens with zero attached hydrogens (tertiary/aromatic N) is 3. The second kappa shape index (κ2) is 7.80. The zero-order valence-electron chi connectivity index (χ0n) is 18.6. The molecule has 2 aromatic rings. The lowest BCUT2D eigenvalue weighted by Gasteiger charge is -2.57. The Labute approximate surface area is 188 Å². The molecule has 1 amide bonds. The summed E-state index contributed by atoms with van der Waals surface area (Å²) in [6, 6.07) is 3.48. The van der Waals surface area contributed by atoms with Crippen molar-refractivity contribution in [2.24, 2.45) is 28.3 Å². The van der Waals surface area contributed by atoms with Crippen molar-refractivity contribution in [3.05, 3.63) is 40.1 Å². The predicted molar refractivity (Wildman–Crippen MR) is 120 cm³/mol. The van der Waals surface area contributed by atoms with Gasteiger partial charge in [-0.15, -0.1) is 0 Å². The average Bonchev–Trinajstić information content (AvgIpc) is 3.26. The molecule has 7 heteroatoms. The molecule has 4 fully saturated rings. The molecule has 0 aliphatic heterocycles. The van der Waals surface area contributed by atoms with Crippen LogP contribution in [0.1, 0.15) is 79.6 Å². The molecular weight excluding hydrogens is 412 g/mol. The Morgan fingerprint density at radius 2 is 1.87 bits per heavy atom. The predicted octanol–water partition coefficient (Wildman–Crippen LogP) is 5.51. The van der Waals surface area contributed by atoms with E-state index in [-0.39, 0.29) is 11.7 Å². The van der Waals surface area contributed by atoms with Crippen molar-refractivity contribution in [2.45, 2.75) is 72.3 Å². The number of rotatable bonds is 6. The van der Waals surface area contributed by atoms with Crippen LogP contribution in [0, 0.1) is 37.0 Å². The number of amides is 1. The van der Waals surface area contributed by atoms with Gasteiger partial charge in [0.1, 0.15) is 5.76 Å². The largest absolute Gasteiger partial charge is 0.454 e. The summed E-state index contributed by atoms with van der Waals surface area (Å²) in [7, 11) is 0. The highest BCUT2D eigenvalue weighted by atomic mass is 35.5. The number of carbonyl (C=O) groups is 1. The van der Waals surface area contributed by atoms with Crippen LogP contribution >= 0.6 is 11.6 Å². The Morgan fingerprint density at radius 3 is 2.45 bits per heavy atom. The monoisotopic (exact) mass is 442 g/mol. The third-order valence-corrected chi connectivity index (χ3v) is 8.18. The van der Waals surface area contributed by atoms with Crippen molar-refractivity contribution < 1.29 is 9.21 Å². The molecule has 0 unspecified atom stereocenters.